The second-order valence-electron chi connectivity index (χ2n) is 10.1. The van der Waals surface area contributed by atoms with Crippen LogP contribution in [0.1, 0.15) is 42.1 Å². The number of nitrogens with zero attached hydrogens (tertiary/aromatic N) is 1. The van der Waals surface area contributed by atoms with Gasteiger partial charge in [-0.2, -0.15) is 13.2 Å². The maximum absolute atomic E-state index is 14.4. The zero-order valence-electron chi connectivity index (χ0n) is 21.3. The molecule has 0 aliphatic rings. The monoisotopic (exact) mass is 530 g/mol. The Hall–Kier alpha value is -3.17. The lowest BCUT2D eigenvalue weighted by Gasteiger charge is -2.38. The number of fused-ring (bicyclic) bond motifs is 1. The molecule has 0 fully saturated rings. The Balaban J connectivity index is 1.75. The third-order valence-corrected chi connectivity index (χ3v) is 7.70. The van der Waals surface area contributed by atoms with Gasteiger partial charge < -0.3 is 14.8 Å². The minimum absolute atomic E-state index is 0.272. The van der Waals surface area contributed by atoms with Gasteiger partial charge in [-0.3, -0.25) is 9.78 Å². The lowest BCUT2D eigenvalue weighted by atomic mass is 9.73. The highest BCUT2D eigenvalue weighted by Gasteiger charge is 2.56. The first-order chi connectivity index (χ1) is 17.2. The number of aliphatic hydroxyl groups is 1. The van der Waals surface area contributed by atoms with E-state index < -0.39 is 30.0 Å². The van der Waals surface area contributed by atoms with E-state index in [9.17, 15) is 23.1 Å². The number of aromatic amines is 1. The van der Waals surface area contributed by atoms with Crippen LogP contribution >= 0.6 is 11.3 Å². The minimum atomic E-state index is -4.91. The largest absolute Gasteiger partial charge is 0.496 e. The Labute approximate surface area is 217 Å². The molecule has 196 valence electrons. The van der Waals surface area contributed by atoms with Crippen LogP contribution in [0.25, 0.3) is 21.3 Å². The van der Waals surface area contributed by atoms with Crippen LogP contribution in [0.4, 0.5) is 13.2 Å². The van der Waals surface area contributed by atoms with Crippen LogP contribution in [-0.2, 0) is 11.8 Å². The van der Waals surface area contributed by atoms with Crippen LogP contribution in [0, 0.1) is 13.8 Å². The van der Waals surface area contributed by atoms with Gasteiger partial charge in [0.05, 0.1) is 17.3 Å². The molecular weight excluding hydrogens is 501 g/mol. The smallest absolute Gasteiger partial charge is 0.417 e. The molecule has 0 aliphatic heterocycles. The molecule has 1 unspecified atom stereocenters. The van der Waals surface area contributed by atoms with Gasteiger partial charge in [-0.05, 0) is 67.1 Å². The molecule has 0 amide bonds. The zero-order valence-corrected chi connectivity index (χ0v) is 22.1. The Morgan fingerprint density at radius 2 is 1.70 bits per heavy atom. The predicted molar refractivity (Wildman–Crippen MR) is 140 cm³/mol. The lowest BCUT2D eigenvalue weighted by molar-refractivity contribution is -0.266. The van der Waals surface area contributed by atoms with Crippen molar-refractivity contribution in [3.05, 3.63) is 80.7 Å². The van der Waals surface area contributed by atoms with E-state index in [0.717, 1.165) is 33.9 Å². The number of pyridine rings is 2. The van der Waals surface area contributed by atoms with Crippen molar-refractivity contribution in [2.24, 2.45) is 0 Å². The van der Waals surface area contributed by atoms with E-state index >= 15 is 0 Å². The van der Waals surface area contributed by atoms with Crippen molar-refractivity contribution < 1.29 is 23.0 Å². The van der Waals surface area contributed by atoms with Gasteiger partial charge in [-0.25, -0.2) is 0 Å². The minimum Gasteiger partial charge on any atom is -0.496 e. The molecule has 0 radical (unpaired) electrons. The number of hydrogen-bond acceptors (Lipinski definition) is 5. The van der Waals surface area contributed by atoms with Crippen molar-refractivity contribution in [1.29, 1.82) is 0 Å². The zero-order chi connectivity index (χ0) is 27.2. The molecular formula is C28H29F3N2O3S. The summed E-state index contributed by atoms with van der Waals surface area (Å²) in [4.78, 5) is 19.7. The standard InChI is InChI=1S/C28H29F3N2O3S/c1-16-10-19(11-17(2)33-16)18-6-7-24(36-5)21(12-18)26(3,4)15-27(35,28(29,30)31)14-20-13-22-25(37-20)23(34)8-9-32-22/h6-13,35H,14-15H2,1-5H3,(H,32,34). The summed E-state index contributed by atoms with van der Waals surface area (Å²) in [5.41, 5.74) is -0.0615. The second kappa shape index (κ2) is 9.61. The first-order valence-corrected chi connectivity index (χ1v) is 12.6. The summed E-state index contributed by atoms with van der Waals surface area (Å²) in [5.74, 6) is 0.438. The third kappa shape index (κ3) is 5.43. The molecule has 0 spiro atoms. The molecule has 3 aromatic heterocycles. The summed E-state index contributed by atoms with van der Waals surface area (Å²) in [6.45, 7) is 7.11. The molecule has 2 N–H and O–H groups in total. The molecule has 1 aromatic carbocycles. The predicted octanol–water partition coefficient (Wildman–Crippen LogP) is 6.48. The van der Waals surface area contributed by atoms with Crippen LogP contribution < -0.4 is 10.2 Å². The van der Waals surface area contributed by atoms with Crippen LogP contribution in [0.15, 0.2) is 53.5 Å². The van der Waals surface area contributed by atoms with Gasteiger partial charge >= 0.3 is 6.18 Å². The highest BCUT2D eigenvalue weighted by molar-refractivity contribution is 7.18. The molecule has 37 heavy (non-hydrogen) atoms. The summed E-state index contributed by atoms with van der Waals surface area (Å²) in [6.07, 6.45) is -4.74. The molecule has 0 aliphatic carbocycles. The summed E-state index contributed by atoms with van der Waals surface area (Å²) in [7, 11) is 1.47. The lowest BCUT2D eigenvalue weighted by Crippen LogP contribution is -2.50. The highest BCUT2D eigenvalue weighted by Crippen LogP contribution is 2.46. The number of hydrogen-bond donors (Lipinski definition) is 2. The summed E-state index contributed by atoms with van der Waals surface area (Å²) >= 11 is 0.964. The van der Waals surface area contributed by atoms with Gasteiger partial charge in [0.25, 0.3) is 0 Å². The van der Waals surface area contributed by atoms with E-state index in [-0.39, 0.29) is 10.3 Å². The first-order valence-electron chi connectivity index (χ1n) is 11.8. The molecule has 4 rings (SSSR count). The van der Waals surface area contributed by atoms with Crippen molar-refractivity contribution in [3.8, 4) is 16.9 Å². The molecule has 0 bridgehead atoms. The van der Waals surface area contributed by atoms with Gasteiger partial charge in [-0.1, -0.05) is 19.9 Å². The molecule has 0 saturated carbocycles. The number of aryl methyl sites for hydroxylation is 2. The van der Waals surface area contributed by atoms with E-state index in [1.54, 1.807) is 19.9 Å². The highest BCUT2D eigenvalue weighted by atomic mass is 32.1. The van der Waals surface area contributed by atoms with Gasteiger partial charge in [0.2, 0.25) is 0 Å². The first kappa shape index (κ1) is 26.9. The van der Waals surface area contributed by atoms with Crippen molar-refractivity contribution in [3.63, 3.8) is 0 Å². The summed E-state index contributed by atoms with van der Waals surface area (Å²) in [5, 5.41) is 11.2. The van der Waals surface area contributed by atoms with E-state index in [1.807, 2.05) is 38.1 Å². The third-order valence-electron chi connectivity index (χ3n) is 6.55. The molecule has 0 saturated heterocycles. The fourth-order valence-corrected chi connectivity index (χ4v) is 6.04. The topological polar surface area (TPSA) is 75.2 Å². The van der Waals surface area contributed by atoms with Crippen molar-refractivity contribution >= 4 is 21.6 Å². The van der Waals surface area contributed by atoms with Crippen molar-refractivity contribution in [1.82, 2.24) is 9.97 Å². The van der Waals surface area contributed by atoms with E-state index in [2.05, 4.69) is 9.97 Å². The van der Waals surface area contributed by atoms with Crippen LogP contribution in [0.2, 0.25) is 0 Å². The van der Waals surface area contributed by atoms with Crippen LogP contribution in [-0.4, -0.2) is 34.0 Å². The number of H-pyrrole nitrogens is 1. The van der Waals surface area contributed by atoms with Crippen LogP contribution in [0.5, 0.6) is 5.75 Å². The number of alkyl halides is 3. The van der Waals surface area contributed by atoms with Gasteiger partial charge in [0.15, 0.2) is 11.0 Å². The quantitative estimate of drug-likeness (QED) is 0.287. The van der Waals surface area contributed by atoms with Gasteiger partial charge in [-0.15, -0.1) is 11.3 Å². The number of ether oxygens (including phenoxy) is 1. The number of halogens is 3. The normalized spacial score (nSPS) is 14.1. The molecule has 5 nitrogen and oxygen atoms in total. The fraction of sp³-hybridized carbons (Fsp3) is 0.357. The van der Waals surface area contributed by atoms with Crippen molar-refractivity contribution in [2.75, 3.05) is 7.11 Å². The number of rotatable bonds is 7. The van der Waals surface area contributed by atoms with Crippen LogP contribution in [0.3, 0.4) is 0 Å². The van der Waals surface area contributed by atoms with E-state index in [1.165, 1.54) is 25.4 Å². The Kier molecular flexibility index (Phi) is 6.98. The van der Waals surface area contributed by atoms with Gasteiger partial charge in [0, 0.05) is 40.5 Å². The summed E-state index contributed by atoms with van der Waals surface area (Å²) < 4.78 is 49.2. The average Bonchev–Trinajstić information content (AvgIpc) is 3.20. The second-order valence-corrected chi connectivity index (χ2v) is 11.3. The Bertz CT molecular complexity index is 1490. The Morgan fingerprint density at radius 1 is 1.03 bits per heavy atom. The van der Waals surface area contributed by atoms with Gasteiger partial charge in [0.1, 0.15) is 5.75 Å². The Morgan fingerprint density at radius 3 is 2.30 bits per heavy atom. The average molecular weight is 531 g/mol. The maximum Gasteiger partial charge on any atom is 0.417 e. The fourth-order valence-electron chi connectivity index (χ4n) is 4.90. The van der Waals surface area contributed by atoms with E-state index in [0.29, 0.717) is 21.5 Å². The maximum atomic E-state index is 14.4. The number of aromatic nitrogens is 2. The molecule has 9 heteroatoms. The molecule has 1 atom stereocenters. The summed E-state index contributed by atoms with van der Waals surface area (Å²) in [6, 6.07) is 12.1. The SMILES string of the molecule is COc1ccc(-c2cc(C)nc(C)c2)cc1C(C)(C)CC(O)(Cc1cc2[nH]ccc(=O)c2s1)C(F)(F)F. The number of methoxy groups -OCH3 is 1. The number of nitrogens with one attached hydrogen (secondary N) is 1. The number of thiophene rings is 1. The van der Waals surface area contributed by atoms with Crippen molar-refractivity contribution in [2.45, 2.75) is 57.7 Å². The number of benzene rings is 1. The molecule has 3 heterocycles. The molecule has 4 aromatic rings. The van der Waals surface area contributed by atoms with E-state index in [4.69, 9.17) is 4.74 Å².